The molecule has 1 aromatic carbocycles. The number of carbonyl (C=O) groups is 2. The molecule has 25 heavy (non-hydrogen) atoms. The lowest BCUT2D eigenvalue weighted by Gasteiger charge is -2.30. The first-order valence-corrected chi connectivity index (χ1v) is 7.92. The molecule has 1 aliphatic heterocycles. The molecule has 0 aliphatic carbocycles. The molecule has 2 rings (SSSR count). The minimum absolute atomic E-state index is 0.0219. The van der Waals surface area contributed by atoms with E-state index >= 15 is 0 Å². The molecule has 0 spiro atoms. The third-order valence-corrected chi connectivity index (χ3v) is 4.66. The zero-order valence-electron chi connectivity index (χ0n) is 18.7. The number of hydrogen-bond acceptors (Lipinski definition) is 5. The smallest absolute Gasteiger partial charge is 0.336 e. The van der Waals surface area contributed by atoms with Gasteiger partial charge in [-0.1, -0.05) is 35.3 Å². The molecule has 1 N–H and O–H groups in total. The molecule has 0 saturated carbocycles. The number of esters is 2. The van der Waals surface area contributed by atoms with Crippen LogP contribution in [0.2, 0.25) is 10.0 Å². The molecule has 134 valence electrons. The van der Waals surface area contributed by atoms with Crippen LogP contribution in [0.1, 0.15) is 39.0 Å². The van der Waals surface area contributed by atoms with Crippen LogP contribution in [0, 0.1) is 0 Å². The van der Waals surface area contributed by atoms with E-state index in [2.05, 4.69) is 5.32 Å². The maximum Gasteiger partial charge on any atom is 0.336 e. The van der Waals surface area contributed by atoms with Crippen molar-refractivity contribution in [2.45, 2.75) is 26.6 Å². The first kappa shape index (κ1) is 13.3. The number of nitrogens with one attached hydrogen (secondary N) is 1. The van der Waals surface area contributed by atoms with E-state index in [9.17, 15) is 9.59 Å². The van der Waals surface area contributed by atoms with Crippen molar-refractivity contribution in [2.24, 2.45) is 0 Å². The lowest BCUT2D eigenvalue weighted by molar-refractivity contribution is -0.139. The molecule has 7 heteroatoms. The van der Waals surface area contributed by atoms with Crippen molar-refractivity contribution in [1.29, 1.82) is 0 Å². The lowest BCUT2D eigenvalue weighted by atomic mass is 9.80. The summed E-state index contributed by atoms with van der Waals surface area (Å²) in [6.07, 6.45) is 0. The van der Waals surface area contributed by atoms with Gasteiger partial charge in [-0.25, -0.2) is 9.59 Å². The Labute approximate surface area is 163 Å². The number of ether oxygens (including phenoxy) is 2. The maximum atomic E-state index is 13.0. The summed E-state index contributed by atoms with van der Waals surface area (Å²) in [5, 5.41) is 3.08. The van der Waals surface area contributed by atoms with Crippen LogP contribution >= 0.6 is 23.2 Å². The van der Waals surface area contributed by atoms with Crippen molar-refractivity contribution >= 4 is 35.1 Å². The number of hydrogen-bond donors (Lipinski definition) is 1. The molecular formula is C18H19Cl2NO4. The highest BCUT2D eigenvalue weighted by molar-refractivity contribution is 6.42. The second-order valence-electron chi connectivity index (χ2n) is 5.26. The van der Waals surface area contributed by atoms with E-state index in [-0.39, 0.29) is 32.5 Å². The van der Waals surface area contributed by atoms with Crippen LogP contribution in [0.25, 0.3) is 0 Å². The molecule has 0 saturated heterocycles. The summed E-state index contributed by atoms with van der Waals surface area (Å²) in [6.45, 7) is -3.39. The highest BCUT2D eigenvalue weighted by Gasteiger charge is 2.38. The third kappa shape index (κ3) is 3.67. The van der Waals surface area contributed by atoms with Crippen LogP contribution in [-0.4, -0.2) is 25.6 Å². The minimum Gasteiger partial charge on any atom is -0.466 e. The Morgan fingerprint density at radius 2 is 1.88 bits per heavy atom. The first-order valence-electron chi connectivity index (χ1n) is 9.67. The summed E-state index contributed by atoms with van der Waals surface area (Å²) in [4.78, 5) is 25.5. The molecule has 1 heterocycles. The van der Waals surface area contributed by atoms with Gasteiger partial charge in [0.05, 0.1) is 43.5 Å². The predicted octanol–water partition coefficient (Wildman–Crippen LogP) is 3.96. The largest absolute Gasteiger partial charge is 0.466 e. The molecule has 0 unspecified atom stereocenters. The highest BCUT2D eigenvalue weighted by Crippen LogP contribution is 2.43. The number of benzene rings is 1. The standard InChI is InChI=1S/C18H19Cl2NO4/c1-5-25-18(23)14-10(3)21-9(2)13(17(22)24-4)15(14)11-7-6-8-12(19)16(11)20/h6-8,15,21H,5H2,1-4H3/t15-/m0/s1/i1D3,5D2. The van der Waals surface area contributed by atoms with Crippen molar-refractivity contribution in [3.05, 3.63) is 56.3 Å². The number of methoxy groups -OCH3 is 1. The monoisotopic (exact) mass is 388 g/mol. The van der Waals surface area contributed by atoms with Crippen molar-refractivity contribution in [3.63, 3.8) is 0 Å². The van der Waals surface area contributed by atoms with Crippen LogP contribution in [0.3, 0.4) is 0 Å². The van der Waals surface area contributed by atoms with E-state index in [1.54, 1.807) is 19.1 Å². The SMILES string of the molecule is [2H]C([2H])([2H])C([2H])([2H])OC(=O)C1=C(C)NC(C)=C(C(=O)OC)[C@@H]1c1cccc(Cl)c1Cl. The fourth-order valence-corrected chi connectivity index (χ4v) is 3.22. The molecule has 0 fully saturated rings. The van der Waals surface area contributed by atoms with Crippen LogP contribution in [0.5, 0.6) is 0 Å². The number of carbonyl (C=O) groups excluding carboxylic acids is 2. The Bertz CT molecular complexity index is 956. The lowest BCUT2D eigenvalue weighted by Crippen LogP contribution is -2.32. The average Bonchev–Trinajstić information content (AvgIpc) is 2.61. The van der Waals surface area contributed by atoms with Gasteiger partial charge in [0, 0.05) is 15.5 Å². The van der Waals surface area contributed by atoms with E-state index in [0.717, 1.165) is 7.11 Å². The highest BCUT2D eigenvalue weighted by atomic mass is 35.5. The first-order chi connectivity index (χ1) is 13.7. The number of allylic oxidation sites excluding steroid dienone is 2. The Morgan fingerprint density at radius 1 is 1.24 bits per heavy atom. The molecule has 5 nitrogen and oxygen atoms in total. The molecule has 1 aliphatic rings. The van der Waals surface area contributed by atoms with Crippen molar-refractivity contribution in [3.8, 4) is 0 Å². The molecule has 1 atom stereocenters. The predicted molar refractivity (Wildman–Crippen MR) is 96.4 cm³/mol. The van der Waals surface area contributed by atoms with E-state index < -0.39 is 31.3 Å². The van der Waals surface area contributed by atoms with E-state index in [1.165, 1.54) is 13.0 Å². The Kier molecular flexibility index (Phi) is 4.21. The molecular weight excluding hydrogens is 365 g/mol. The quantitative estimate of drug-likeness (QED) is 0.790. The van der Waals surface area contributed by atoms with Gasteiger partial charge in [-0.05, 0) is 32.3 Å². The van der Waals surface area contributed by atoms with Crippen molar-refractivity contribution in [2.75, 3.05) is 13.7 Å². The maximum absolute atomic E-state index is 13.0. The number of rotatable bonds is 4. The van der Waals surface area contributed by atoms with Gasteiger partial charge in [-0.15, -0.1) is 0 Å². The van der Waals surface area contributed by atoms with E-state index in [0.29, 0.717) is 5.70 Å². The van der Waals surface area contributed by atoms with Gasteiger partial charge < -0.3 is 14.8 Å². The Balaban J connectivity index is 2.70. The van der Waals surface area contributed by atoms with Crippen molar-refractivity contribution < 1.29 is 25.9 Å². The summed E-state index contributed by atoms with van der Waals surface area (Å²) < 4.78 is 46.6. The van der Waals surface area contributed by atoms with E-state index in [1.807, 2.05) is 0 Å². The normalized spacial score (nSPS) is 21.3. The van der Waals surface area contributed by atoms with Gasteiger partial charge in [0.25, 0.3) is 0 Å². The van der Waals surface area contributed by atoms with Gasteiger partial charge in [0.2, 0.25) is 0 Å². The van der Waals surface area contributed by atoms with Gasteiger partial charge in [0.15, 0.2) is 0 Å². The van der Waals surface area contributed by atoms with Gasteiger partial charge >= 0.3 is 11.9 Å². The summed E-state index contributed by atoms with van der Waals surface area (Å²) in [6, 6.07) is 4.62. The van der Waals surface area contributed by atoms with Crippen LogP contribution < -0.4 is 5.32 Å². The summed E-state index contributed by atoms with van der Waals surface area (Å²) >= 11 is 12.5. The summed E-state index contributed by atoms with van der Waals surface area (Å²) in [5.41, 5.74) is 0.696. The minimum atomic E-state index is -3.26. The fourth-order valence-electron chi connectivity index (χ4n) is 2.80. The summed E-state index contributed by atoms with van der Waals surface area (Å²) in [7, 11) is 1.16. The average molecular weight is 389 g/mol. The second kappa shape index (κ2) is 7.93. The van der Waals surface area contributed by atoms with Crippen LogP contribution in [-0.2, 0) is 19.1 Å². The van der Waals surface area contributed by atoms with Gasteiger partial charge in [-0.3, -0.25) is 0 Å². The van der Waals surface area contributed by atoms with Gasteiger partial charge in [0.1, 0.15) is 0 Å². The zero-order valence-corrected chi connectivity index (χ0v) is 15.2. The van der Waals surface area contributed by atoms with Crippen LogP contribution in [0.15, 0.2) is 40.7 Å². The fraction of sp³-hybridized carbons (Fsp3) is 0.333. The summed E-state index contributed by atoms with van der Waals surface area (Å²) in [5.74, 6) is -3.17. The Morgan fingerprint density at radius 3 is 2.48 bits per heavy atom. The molecule has 0 bridgehead atoms. The Hall–Kier alpha value is -1.98. The molecule has 0 radical (unpaired) electrons. The van der Waals surface area contributed by atoms with Crippen LogP contribution in [0.4, 0.5) is 0 Å². The number of halogens is 2. The topological polar surface area (TPSA) is 64.6 Å². The van der Waals surface area contributed by atoms with E-state index in [4.69, 9.17) is 39.5 Å². The number of dihydropyridines is 1. The second-order valence-corrected chi connectivity index (χ2v) is 6.05. The van der Waals surface area contributed by atoms with Gasteiger partial charge in [-0.2, -0.15) is 0 Å². The molecule has 0 aromatic heterocycles. The van der Waals surface area contributed by atoms with Crippen molar-refractivity contribution in [1.82, 2.24) is 5.32 Å². The molecule has 1 aromatic rings. The zero-order chi connectivity index (χ0) is 23.0. The third-order valence-electron chi connectivity index (χ3n) is 3.82. The molecule has 0 amide bonds.